The Bertz CT molecular complexity index is 1080. The predicted molar refractivity (Wildman–Crippen MR) is 112 cm³/mol. The number of rotatable bonds is 7. The van der Waals surface area contributed by atoms with Gasteiger partial charge in [0.25, 0.3) is 11.8 Å². The molecule has 0 aliphatic rings. The molecule has 156 valence electrons. The number of ether oxygens (including phenoxy) is 2. The SMILES string of the molecule is COc1ccc(CNC(=O)c2nc(C)sc2NC(=O)c2ccccc2F)c(OC)c1. The van der Waals surface area contributed by atoms with Crippen molar-refractivity contribution in [3.63, 3.8) is 0 Å². The number of amides is 2. The molecule has 3 rings (SSSR count). The van der Waals surface area contributed by atoms with Crippen molar-refractivity contribution in [1.82, 2.24) is 10.3 Å². The highest BCUT2D eigenvalue weighted by atomic mass is 32.1. The van der Waals surface area contributed by atoms with E-state index < -0.39 is 17.6 Å². The number of hydrogen-bond acceptors (Lipinski definition) is 6. The Morgan fingerprint density at radius 2 is 1.87 bits per heavy atom. The van der Waals surface area contributed by atoms with E-state index in [1.165, 1.54) is 25.3 Å². The van der Waals surface area contributed by atoms with Gasteiger partial charge >= 0.3 is 0 Å². The van der Waals surface area contributed by atoms with Gasteiger partial charge in [-0.2, -0.15) is 0 Å². The van der Waals surface area contributed by atoms with Gasteiger partial charge in [-0.15, -0.1) is 11.3 Å². The number of nitrogens with zero attached hydrogens (tertiary/aromatic N) is 1. The molecule has 0 atom stereocenters. The minimum Gasteiger partial charge on any atom is -0.497 e. The highest BCUT2D eigenvalue weighted by molar-refractivity contribution is 7.16. The van der Waals surface area contributed by atoms with Crippen molar-refractivity contribution in [3.8, 4) is 11.5 Å². The van der Waals surface area contributed by atoms with Crippen molar-refractivity contribution in [2.24, 2.45) is 0 Å². The van der Waals surface area contributed by atoms with Gasteiger partial charge in [-0.25, -0.2) is 9.37 Å². The van der Waals surface area contributed by atoms with Crippen LogP contribution in [0.4, 0.5) is 9.39 Å². The Balaban J connectivity index is 1.75. The van der Waals surface area contributed by atoms with Gasteiger partial charge in [-0.05, 0) is 31.2 Å². The molecule has 0 unspecified atom stereocenters. The zero-order chi connectivity index (χ0) is 21.7. The van der Waals surface area contributed by atoms with Crippen LogP contribution < -0.4 is 20.1 Å². The van der Waals surface area contributed by atoms with E-state index >= 15 is 0 Å². The van der Waals surface area contributed by atoms with Crippen LogP contribution in [0.25, 0.3) is 0 Å². The quantitative estimate of drug-likeness (QED) is 0.597. The maximum Gasteiger partial charge on any atom is 0.273 e. The number of anilines is 1. The van der Waals surface area contributed by atoms with Crippen molar-refractivity contribution < 1.29 is 23.5 Å². The van der Waals surface area contributed by atoms with Gasteiger partial charge in [-0.3, -0.25) is 9.59 Å². The highest BCUT2D eigenvalue weighted by Crippen LogP contribution is 2.27. The summed E-state index contributed by atoms with van der Waals surface area (Å²) in [6.45, 7) is 1.90. The number of thiazole rings is 1. The second-order valence-corrected chi connectivity index (χ2v) is 7.41. The number of carbonyl (C=O) groups is 2. The van der Waals surface area contributed by atoms with Crippen LogP contribution in [0.5, 0.6) is 11.5 Å². The van der Waals surface area contributed by atoms with E-state index in [1.54, 1.807) is 38.3 Å². The lowest BCUT2D eigenvalue weighted by atomic mass is 10.2. The lowest BCUT2D eigenvalue weighted by molar-refractivity contribution is 0.0947. The van der Waals surface area contributed by atoms with Crippen LogP contribution >= 0.6 is 11.3 Å². The van der Waals surface area contributed by atoms with E-state index in [4.69, 9.17) is 9.47 Å². The van der Waals surface area contributed by atoms with Crippen molar-refractivity contribution in [1.29, 1.82) is 0 Å². The zero-order valence-corrected chi connectivity index (χ0v) is 17.4. The second-order valence-electron chi connectivity index (χ2n) is 6.21. The van der Waals surface area contributed by atoms with Gasteiger partial charge in [0, 0.05) is 18.2 Å². The lowest BCUT2D eigenvalue weighted by Gasteiger charge is -2.11. The molecule has 0 saturated carbocycles. The summed E-state index contributed by atoms with van der Waals surface area (Å²) in [6.07, 6.45) is 0. The molecule has 0 spiro atoms. The summed E-state index contributed by atoms with van der Waals surface area (Å²) >= 11 is 1.14. The first-order chi connectivity index (χ1) is 14.4. The predicted octanol–water partition coefficient (Wildman–Crippen LogP) is 3.79. The number of aryl methyl sites for hydroxylation is 1. The molecule has 7 nitrogen and oxygen atoms in total. The minimum absolute atomic E-state index is 0.0645. The van der Waals surface area contributed by atoms with Crippen LogP contribution in [0.1, 0.15) is 31.4 Å². The summed E-state index contributed by atoms with van der Waals surface area (Å²) in [5.41, 5.74) is 0.697. The van der Waals surface area contributed by atoms with Crippen LogP contribution in [0, 0.1) is 12.7 Å². The summed E-state index contributed by atoms with van der Waals surface area (Å²) in [5.74, 6) is -0.565. The summed E-state index contributed by atoms with van der Waals surface area (Å²) in [4.78, 5) is 29.3. The Hall–Kier alpha value is -3.46. The van der Waals surface area contributed by atoms with Crippen LogP contribution in [0.15, 0.2) is 42.5 Å². The topological polar surface area (TPSA) is 89.5 Å². The largest absolute Gasteiger partial charge is 0.497 e. The smallest absolute Gasteiger partial charge is 0.273 e. The van der Waals surface area contributed by atoms with Gasteiger partial charge < -0.3 is 20.1 Å². The lowest BCUT2D eigenvalue weighted by Crippen LogP contribution is -2.25. The Morgan fingerprint density at radius 3 is 2.57 bits per heavy atom. The molecule has 2 amide bonds. The van der Waals surface area contributed by atoms with E-state index in [-0.39, 0.29) is 22.8 Å². The van der Waals surface area contributed by atoms with Gasteiger partial charge in [0.15, 0.2) is 5.69 Å². The molecule has 0 fully saturated rings. The fourth-order valence-electron chi connectivity index (χ4n) is 2.74. The summed E-state index contributed by atoms with van der Waals surface area (Å²) < 4.78 is 24.4. The molecule has 0 radical (unpaired) electrons. The van der Waals surface area contributed by atoms with Gasteiger partial charge in [0.1, 0.15) is 22.3 Å². The third kappa shape index (κ3) is 4.74. The zero-order valence-electron chi connectivity index (χ0n) is 16.6. The highest BCUT2D eigenvalue weighted by Gasteiger charge is 2.21. The van der Waals surface area contributed by atoms with Crippen molar-refractivity contribution >= 4 is 28.2 Å². The third-order valence-corrected chi connectivity index (χ3v) is 5.11. The normalized spacial score (nSPS) is 10.4. The molecular weight excluding hydrogens is 409 g/mol. The van der Waals surface area contributed by atoms with Crippen molar-refractivity contribution in [2.45, 2.75) is 13.5 Å². The van der Waals surface area contributed by atoms with E-state index in [0.717, 1.165) is 16.9 Å². The summed E-state index contributed by atoms with van der Waals surface area (Å²) in [6, 6.07) is 10.9. The van der Waals surface area contributed by atoms with E-state index in [2.05, 4.69) is 15.6 Å². The van der Waals surface area contributed by atoms with Crippen LogP contribution in [-0.2, 0) is 6.54 Å². The maximum absolute atomic E-state index is 13.9. The minimum atomic E-state index is -0.650. The standard InChI is InChI=1S/C21H20FN3O4S/c1-12-24-18(21(30-12)25-19(26)15-6-4-5-7-16(15)22)20(27)23-11-13-8-9-14(28-2)10-17(13)29-3/h4-10H,11H2,1-3H3,(H,23,27)(H,25,26). The number of hydrogen-bond donors (Lipinski definition) is 2. The van der Waals surface area contributed by atoms with Crippen LogP contribution in [-0.4, -0.2) is 31.0 Å². The van der Waals surface area contributed by atoms with Gasteiger partial charge in [0.2, 0.25) is 0 Å². The molecule has 0 bridgehead atoms. The Morgan fingerprint density at radius 1 is 1.10 bits per heavy atom. The average molecular weight is 429 g/mol. The Labute approximate surface area is 176 Å². The molecule has 1 heterocycles. The first-order valence-electron chi connectivity index (χ1n) is 8.95. The fourth-order valence-corrected chi connectivity index (χ4v) is 3.55. The summed E-state index contributed by atoms with van der Waals surface area (Å²) in [5, 5.41) is 6.18. The van der Waals surface area contributed by atoms with E-state index in [0.29, 0.717) is 16.5 Å². The molecular formula is C21H20FN3O4S. The molecule has 0 aliphatic carbocycles. The molecule has 3 aromatic rings. The number of halogens is 1. The molecule has 2 N–H and O–H groups in total. The second kappa shape index (κ2) is 9.36. The van der Waals surface area contributed by atoms with Crippen molar-refractivity contribution in [2.75, 3.05) is 19.5 Å². The number of carbonyl (C=O) groups excluding carboxylic acids is 2. The Kier molecular flexibility index (Phi) is 6.63. The monoisotopic (exact) mass is 429 g/mol. The van der Waals surface area contributed by atoms with Gasteiger partial charge in [0.05, 0.1) is 24.8 Å². The first-order valence-corrected chi connectivity index (χ1v) is 9.77. The number of aromatic nitrogens is 1. The maximum atomic E-state index is 13.9. The number of benzene rings is 2. The van der Waals surface area contributed by atoms with Crippen LogP contribution in [0.3, 0.4) is 0 Å². The molecule has 30 heavy (non-hydrogen) atoms. The van der Waals surface area contributed by atoms with E-state index in [9.17, 15) is 14.0 Å². The molecule has 0 saturated heterocycles. The molecule has 9 heteroatoms. The molecule has 2 aromatic carbocycles. The summed E-state index contributed by atoms with van der Waals surface area (Å²) in [7, 11) is 3.08. The first kappa shape index (κ1) is 21.3. The van der Waals surface area contributed by atoms with E-state index in [1.807, 2.05) is 0 Å². The van der Waals surface area contributed by atoms with Gasteiger partial charge in [-0.1, -0.05) is 12.1 Å². The number of methoxy groups -OCH3 is 2. The van der Waals surface area contributed by atoms with Crippen LogP contribution in [0.2, 0.25) is 0 Å². The fraction of sp³-hybridized carbons (Fsp3) is 0.190. The van der Waals surface area contributed by atoms with Crippen molar-refractivity contribution in [3.05, 3.63) is 70.1 Å². The molecule has 1 aromatic heterocycles. The number of nitrogens with one attached hydrogen (secondary N) is 2. The average Bonchev–Trinajstić information content (AvgIpc) is 3.12. The molecule has 0 aliphatic heterocycles. The third-order valence-electron chi connectivity index (χ3n) is 4.23.